The van der Waals surface area contributed by atoms with Crippen LogP contribution in [0.5, 0.6) is 5.75 Å². The lowest BCUT2D eigenvalue weighted by molar-refractivity contribution is 0.0390. The van der Waals surface area contributed by atoms with Crippen molar-refractivity contribution in [2.24, 2.45) is 0 Å². The highest BCUT2D eigenvalue weighted by Crippen LogP contribution is 2.35. The van der Waals surface area contributed by atoms with Gasteiger partial charge in [0.15, 0.2) is 0 Å². The summed E-state index contributed by atoms with van der Waals surface area (Å²) in [6, 6.07) is 9.60. The molecule has 1 N–H and O–H groups in total. The predicted octanol–water partition coefficient (Wildman–Crippen LogP) is 1.96. The number of sulfonamides is 1. The van der Waals surface area contributed by atoms with Crippen molar-refractivity contribution in [1.29, 1.82) is 0 Å². The maximum Gasteiger partial charge on any atom is 0.250 e. The molecule has 0 spiro atoms. The van der Waals surface area contributed by atoms with E-state index >= 15 is 0 Å². The SMILES string of the molecule is O=S(=O)(NCCN1CCOCC1)c1ccc(-c2ccc3c(c2)CCO3)s1. The van der Waals surface area contributed by atoms with E-state index < -0.39 is 10.0 Å². The third-order valence-electron chi connectivity index (χ3n) is 4.64. The molecule has 4 rings (SSSR count). The van der Waals surface area contributed by atoms with E-state index in [-0.39, 0.29) is 0 Å². The van der Waals surface area contributed by atoms with Gasteiger partial charge in [-0.3, -0.25) is 4.90 Å². The fraction of sp³-hybridized carbons (Fsp3) is 0.444. The van der Waals surface area contributed by atoms with Crippen LogP contribution in [0.2, 0.25) is 0 Å². The van der Waals surface area contributed by atoms with E-state index in [1.54, 1.807) is 6.07 Å². The van der Waals surface area contributed by atoms with Crippen LogP contribution in [0.4, 0.5) is 0 Å². The minimum Gasteiger partial charge on any atom is -0.493 e. The molecule has 6 nitrogen and oxygen atoms in total. The third kappa shape index (κ3) is 3.94. The molecule has 3 heterocycles. The molecule has 2 aliphatic heterocycles. The van der Waals surface area contributed by atoms with Gasteiger partial charge >= 0.3 is 0 Å². The highest BCUT2D eigenvalue weighted by molar-refractivity contribution is 7.91. The molecule has 0 aliphatic carbocycles. The molecule has 140 valence electrons. The van der Waals surface area contributed by atoms with Crippen molar-refractivity contribution in [3.8, 4) is 16.2 Å². The van der Waals surface area contributed by atoms with Crippen LogP contribution in [0.25, 0.3) is 10.4 Å². The van der Waals surface area contributed by atoms with E-state index in [4.69, 9.17) is 9.47 Å². The van der Waals surface area contributed by atoms with Crippen LogP contribution in [-0.4, -0.2) is 59.3 Å². The average Bonchev–Trinajstić information content (AvgIpc) is 3.31. The first-order chi connectivity index (χ1) is 12.6. The summed E-state index contributed by atoms with van der Waals surface area (Å²) < 4.78 is 39.0. The molecule has 0 saturated carbocycles. The Kier molecular flexibility index (Phi) is 5.28. The first-order valence-electron chi connectivity index (χ1n) is 8.77. The Bertz CT molecular complexity index is 873. The summed E-state index contributed by atoms with van der Waals surface area (Å²) in [7, 11) is -3.47. The number of fused-ring (bicyclic) bond motifs is 1. The molecule has 2 aliphatic rings. The highest BCUT2D eigenvalue weighted by atomic mass is 32.2. The topological polar surface area (TPSA) is 67.9 Å². The molecule has 26 heavy (non-hydrogen) atoms. The maximum absolute atomic E-state index is 12.5. The first kappa shape index (κ1) is 17.9. The lowest BCUT2D eigenvalue weighted by Crippen LogP contribution is -2.41. The van der Waals surface area contributed by atoms with Crippen LogP contribution >= 0.6 is 11.3 Å². The Morgan fingerprint density at radius 2 is 1.96 bits per heavy atom. The zero-order chi connectivity index (χ0) is 18.0. The van der Waals surface area contributed by atoms with Crippen LogP contribution in [0.1, 0.15) is 5.56 Å². The summed E-state index contributed by atoms with van der Waals surface area (Å²) in [5, 5.41) is 0. The molecule has 0 unspecified atom stereocenters. The number of nitrogens with one attached hydrogen (secondary N) is 1. The number of nitrogens with zero attached hydrogens (tertiary/aromatic N) is 1. The molecule has 0 amide bonds. The second kappa shape index (κ2) is 7.66. The zero-order valence-electron chi connectivity index (χ0n) is 14.4. The van der Waals surface area contributed by atoms with Gasteiger partial charge in [-0.1, -0.05) is 0 Å². The monoisotopic (exact) mass is 394 g/mol. The van der Waals surface area contributed by atoms with Crippen molar-refractivity contribution in [3.63, 3.8) is 0 Å². The van der Waals surface area contributed by atoms with E-state index in [0.717, 1.165) is 42.3 Å². The molecule has 1 fully saturated rings. The molecule has 0 atom stereocenters. The fourth-order valence-electron chi connectivity index (χ4n) is 3.19. The van der Waals surface area contributed by atoms with Gasteiger partial charge in [-0.2, -0.15) is 0 Å². The molecule has 1 aromatic carbocycles. The van der Waals surface area contributed by atoms with E-state index in [1.165, 1.54) is 16.9 Å². The normalized spacial score (nSPS) is 17.8. The smallest absolute Gasteiger partial charge is 0.250 e. The molecular formula is C18H22N2O4S2. The van der Waals surface area contributed by atoms with Crippen LogP contribution in [-0.2, 0) is 21.2 Å². The minimum absolute atomic E-state index is 0.353. The van der Waals surface area contributed by atoms with E-state index in [1.807, 2.05) is 18.2 Å². The van der Waals surface area contributed by atoms with E-state index in [2.05, 4.69) is 15.7 Å². The van der Waals surface area contributed by atoms with Crippen LogP contribution in [0.15, 0.2) is 34.5 Å². The van der Waals surface area contributed by atoms with Gasteiger partial charge in [-0.05, 0) is 41.5 Å². The molecule has 8 heteroatoms. The molecule has 0 radical (unpaired) electrons. The Balaban J connectivity index is 1.41. The summed E-state index contributed by atoms with van der Waals surface area (Å²) in [6.45, 7) is 4.97. The second-order valence-corrected chi connectivity index (χ2v) is 9.47. The van der Waals surface area contributed by atoms with Gasteiger partial charge in [0.2, 0.25) is 10.0 Å². The number of thiophene rings is 1. The first-order valence-corrected chi connectivity index (χ1v) is 11.1. The highest BCUT2D eigenvalue weighted by Gasteiger charge is 2.19. The summed E-state index contributed by atoms with van der Waals surface area (Å²) in [5.41, 5.74) is 2.22. The largest absolute Gasteiger partial charge is 0.493 e. The van der Waals surface area contributed by atoms with Gasteiger partial charge in [-0.25, -0.2) is 13.1 Å². The maximum atomic E-state index is 12.5. The van der Waals surface area contributed by atoms with Gasteiger partial charge in [-0.15, -0.1) is 11.3 Å². The quantitative estimate of drug-likeness (QED) is 0.811. The van der Waals surface area contributed by atoms with Gasteiger partial charge in [0.05, 0.1) is 19.8 Å². The van der Waals surface area contributed by atoms with Gasteiger partial charge in [0.25, 0.3) is 0 Å². The molecular weight excluding hydrogens is 372 g/mol. The lowest BCUT2D eigenvalue weighted by Gasteiger charge is -2.26. The number of morpholine rings is 1. The Morgan fingerprint density at radius 1 is 1.12 bits per heavy atom. The number of hydrogen-bond acceptors (Lipinski definition) is 6. The molecule has 2 aromatic rings. The summed E-state index contributed by atoms with van der Waals surface area (Å²) in [4.78, 5) is 3.16. The van der Waals surface area contributed by atoms with E-state index in [9.17, 15) is 8.42 Å². The fourth-order valence-corrected chi connectivity index (χ4v) is 5.56. The van der Waals surface area contributed by atoms with Crippen molar-refractivity contribution >= 4 is 21.4 Å². The Morgan fingerprint density at radius 3 is 2.81 bits per heavy atom. The standard InChI is InChI=1S/C18H22N2O4S2/c21-26(22,19-6-7-20-8-11-23-12-9-20)18-4-3-17(25-18)15-1-2-16-14(13-15)5-10-24-16/h1-4,13,19H,5-12H2. The van der Waals surface area contributed by atoms with Crippen molar-refractivity contribution in [2.75, 3.05) is 46.0 Å². The van der Waals surface area contributed by atoms with Crippen molar-refractivity contribution in [1.82, 2.24) is 9.62 Å². The number of ether oxygens (including phenoxy) is 2. The molecule has 0 bridgehead atoms. The average molecular weight is 395 g/mol. The zero-order valence-corrected chi connectivity index (χ0v) is 16.1. The summed E-state index contributed by atoms with van der Waals surface area (Å²) in [5.74, 6) is 0.933. The predicted molar refractivity (Wildman–Crippen MR) is 101 cm³/mol. The Hall–Kier alpha value is -1.45. The van der Waals surface area contributed by atoms with Crippen LogP contribution < -0.4 is 9.46 Å². The van der Waals surface area contributed by atoms with Crippen LogP contribution in [0.3, 0.4) is 0 Å². The second-order valence-electron chi connectivity index (χ2n) is 6.39. The molecule has 1 saturated heterocycles. The van der Waals surface area contributed by atoms with Crippen molar-refractivity contribution < 1.29 is 17.9 Å². The minimum atomic E-state index is -3.47. The van der Waals surface area contributed by atoms with Gasteiger partial charge < -0.3 is 9.47 Å². The summed E-state index contributed by atoms with van der Waals surface area (Å²) in [6.07, 6.45) is 0.906. The number of hydrogen-bond donors (Lipinski definition) is 1. The Labute approximate surface area is 157 Å². The summed E-state index contributed by atoms with van der Waals surface area (Å²) >= 11 is 1.30. The van der Waals surface area contributed by atoms with Crippen LogP contribution in [0, 0.1) is 0 Å². The lowest BCUT2D eigenvalue weighted by atomic mass is 10.1. The van der Waals surface area contributed by atoms with Crippen molar-refractivity contribution in [3.05, 3.63) is 35.9 Å². The number of benzene rings is 1. The van der Waals surface area contributed by atoms with Crippen molar-refractivity contribution in [2.45, 2.75) is 10.6 Å². The molecule has 1 aromatic heterocycles. The number of rotatable bonds is 6. The third-order valence-corrected chi connectivity index (χ3v) is 7.73. The van der Waals surface area contributed by atoms with E-state index in [0.29, 0.717) is 30.5 Å². The van der Waals surface area contributed by atoms with Gasteiger partial charge in [0.1, 0.15) is 9.96 Å². The van der Waals surface area contributed by atoms with Gasteiger partial charge in [0, 0.05) is 37.5 Å².